The molecule has 2 aromatic rings. The Balaban J connectivity index is 1.52. The molecule has 1 aliphatic heterocycles. The molecule has 0 aliphatic carbocycles. The summed E-state index contributed by atoms with van der Waals surface area (Å²) in [5.74, 6) is -0.295. The van der Waals surface area contributed by atoms with Crippen LogP contribution in [0.15, 0.2) is 48.5 Å². The summed E-state index contributed by atoms with van der Waals surface area (Å²) < 4.78 is 34.6. The summed E-state index contributed by atoms with van der Waals surface area (Å²) >= 11 is 0. The molecule has 2 N–H and O–H groups in total. The summed E-state index contributed by atoms with van der Waals surface area (Å²) in [6, 6.07) is 13.8. The van der Waals surface area contributed by atoms with Crippen LogP contribution in [-0.2, 0) is 9.53 Å². The Bertz CT molecular complexity index is 750. The van der Waals surface area contributed by atoms with Crippen LogP contribution < -0.4 is 20.3 Å². The molecule has 0 radical (unpaired) electrons. The fraction of sp³-hybridized carbons (Fsp3) is 0.316. The van der Waals surface area contributed by atoms with Crippen molar-refractivity contribution in [2.24, 2.45) is 0 Å². The predicted octanol–water partition coefficient (Wildman–Crippen LogP) is 3.18. The van der Waals surface area contributed by atoms with E-state index >= 15 is 0 Å². The number of hydrogen-bond acceptors (Lipinski definition) is 5. The second kappa shape index (κ2) is 9.18. The van der Waals surface area contributed by atoms with Crippen molar-refractivity contribution in [3.05, 3.63) is 48.5 Å². The van der Waals surface area contributed by atoms with Gasteiger partial charge in [-0.15, -0.1) is 0 Å². The van der Waals surface area contributed by atoms with Crippen LogP contribution in [0.3, 0.4) is 0 Å². The van der Waals surface area contributed by atoms with Crippen LogP contribution in [-0.4, -0.2) is 45.4 Å². The Hall–Kier alpha value is -2.87. The van der Waals surface area contributed by atoms with Gasteiger partial charge in [-0.25, -0.2) is 0 Å². The van der Waals surface area contributed by atoms with Gasteiger partial charge in [-0.1, -0.05) is 12.1 Å². The molecule has 0 spiro atoms. The maximum atomic E-state index is 12.4. The highest BCUT2D eigenvalue weighted by Gasteiger charge is 2.12. The van der Waals surface area contributed by atoms with Crippen LogP contribution >= 0.6 is 0 Å². The van der Waals surface area contributed by atoms with Crippen LogP contribution in [0, 0.1) is 0 Å². The van der Waals surface area contributed by atoms with Crippen molar-refractivity contribution in [2.75, 3.05) is 48.4 Å². The minimum absolute atomic E-state index is 0.00448. The van der Waals surface area contributed by atoms with Crippen molar-refractivity contribution in [3.63, 3.8) is 0 Å². The van der Waals surface area contributed by atoms with Crippen molar-refractivity contribution >= 4 is 23.0 Å². The molecule has 1 aliphatic rings. The number of carbonyl (C=O) groups excluding carboxylic acids is 1. The number of hydrogen-bond donors (Lipinski definition) is 2. The van der Waals surface area contributed by atoms with E-state index in [0.717, 1.165) is 18.8 Å². The first-order valence-electron chi connectivity index (χ1n) is 8.62. The highest BCUT2D eigenvalue weighted by molar-refractivity contribution is 5.94. The Morgan fingerprint density at radius 3 is 2.52 bits per heavy atom. The molecule has 0 unspecified atom stereocenters. The monoisotopic (exact) mass is 377 g/mol. The summed E-state index contributed by atoms with van der Waals surface area (Å²) in [7, 11) is 0. The van der Waals surface area contributed by atoms with Crippen LogP contribution in [0.25, 0.3) is 0 Å². The molecule has 27 heavy (non-hydrogen) atoms. The molecular formula is C19H21F2N3O3. The fourth-order valence-corrected chi connectivity index (χ4v) is 2.77. The largest absolute Gasteiger partial charge is 0.433 e. The standard InChI is InChI=1S/C19H21F2N3O3/c20-19(21)27-17-4-2-1-3-16(17)22-13-18(25)23-14-5-7-15(8-6-14)24-9-11-26-12-10-24/h1-8,19,22H,9-13H2,(H,23,25). The Labute approximate surface area is 156 Å². The number of alkyl halides is 2. The van der Waals surface area contributed by atoms with Gasteiger partial charge in [0.2, 0.25) is 5.91 Å². The molecule has 1 amide bonds. The Kier molecular flexibility index (Phi) is 6.43. The predicted molar refractivity (Wildman–Crippen MR) is 99.7 cm³/mol. The first-order valence-corrected chi connectivity index (χ1v) is 8.62. The third-order valence-electron chi connectivity index (χ3n) is 4.07. The molecule has 0 aromatic heterocycles. The van der Waals surface area contributed by atoms with Gasteiger partial charge >= 0.3 is 6.61 Å². The molecule has 0 atom stereocenters. The van der Waals surface area contributed by atoms with Gasteiger partial charge in [0.25, 0.3) is 0 Å². The normalized spacial score (nSPS) is 14.1. The Morgan fingerprint density at radius 1 is 1.11 bits per heavy atom. The van der Waals surface area contributed by atoms with Gasteiger partial charge in [-0.05, 0) is 36.4 Å². The minimum atomic E-state index is -2.92. The summed E-state index contributed by atoms with van der Waals surface area (Å²) in [5, 5.41) is 5.58. The molecule has 1 saturated heterocycles. The molecule has 144 valence electrons. The van der Waals surface area contributed by atoms with Gasteiger partial charge in [0.05, 0.1) is 25.4 Å². The zero-order valence-electron chi connectivity index (χ0n) is 14.7. The average molecular weight is 377 g/mol. The van der Waals surface area contributed by atoms with E-state index in [9.17, 15) is 13.6 Å². The third-order valence-corrected chi connectivity index (χ3v) is 4.07. The molecule has 6 nitrogen and oxygen atoms in total. The summed E-state index contributed by atoms with van der Waals surface area (Å²) in [6.45, 7) is 0.106. The maximum Gasteiger partial charge on any atom is 0.387 e. The number of amides is 1. The van der Waals surface area contributed by atoms with Crippen molar-refractivity contribution in [1.29, 1.82) is 0 Å². The van der Waals surface area contributed by atoms with Crippen molar-refractivity contribution in [3.8, 4) is 5.75 Å². The van der Waals surface area contributed by atoms with E-state index in [4.69, 9.17) is 4.74 Å². The number of morpholine rings is 1. The molecule has 1 fully saturated rings. The number of benzene rings is 2. The van der Waals surface area contributed by atoms with Gasteiger partial charge in [0, 0.05) is 24.5 Å². The number of rotatable bonds is 7. The summed E-state index contributed by atoms with van der Waals surface area (Å²) in [4.78, 5) is 14.3. The summed E-state index contributed by atoms with van der Waals surface area (Å²) in [6.07, 6.45) is 0. The van der Waals surface area contributed by atoms with Crippen molar-refractivity contribution in [2.45, 2.75) is 6.61 Å². The van der Waals surface area contributed by atoms with E-state index in [1.165, 1.54) is 6.07 Å². The van der Waals surface area contributed by atoms with Crippen molar-refractivity contribution < 1.29 is 23.0 Å². The van der Waals surface area contributed by atoms with E-state index in [2.05, 4.69) is 20.3 Å². The molecule has 3 rings (SSSR count). The van der Waals surface area contributed by atoms with Crippen molar-refractivity contribution in [1.82, 2.24) is 0 Å². The lowest BCUT2D eigenvalue weighted by Gasteiger charge is -2.28. The SMILES string of the molecule is O=C(CNc1ccccc1OC(F)F)Nc1ccc(N2CCOCC2)cc1. The van der Waals surface area contributed by atoms with Gasteiger partial charge in [-0.2, -0.15) is 8.78 Å². The minimum Gasteiger partial charge on any atom is -0.433 e. The highest BCUT2D eigenvalue weighted by Crippen LogP contribution is 2.25. The number of anilines is 3. The fourth-order valence-electron chi connectivity index (χ4n) is 2.77. The number of para-hydroxylation sites is 2. The maximum absolute atomic E-state index is 12.4. The number of nitrogens with zero attached hydrogens (tertiary/aromatic N) is 1. The van der Waals surface area contributed by atoms with Gasteiger partial charge in [0.15, 0.2) is 0 Å². The molecular weight excluding hydrogens is 356 g/mol. The average Bonchev–Trinajstić information content (AvgIpc) is 2.68. The number of halogens is 2. The first kappa shape index (κ1) is 18.9. The van der Waals surface area contributed by atoms with E-state index < -0.39 is 6.61 Å². The molecule has 2 aromatic carbocycles. The van der Waals surface area contributed by atoms with E-state index in [1.54, 1.807) is 18.2 Å². The third kappa shape index (κ3) is 5.55. The van der Waals surface area contributed by atoms with Crippen LogP contribution in [0.5, 0.6) is 5.75 Å². The lowest BCUT2D eigenvalue weighted by atomic mass is 10.2. The molecule has 0 saturated carbocycles. The number of nitrogens with one attached hydrogen (secondary N) is 2. The summed E-state index contributed by atoms with van der Waals surface area (Å²) in [5.41, 5.74) is 2.07. The molecule has 8 heteroatoms. The lowest BCUT2D eigenvalue weighted by Crippen LogP contribution is -2.36. The first-order chi connectivity index (χ1) is 13.1. The van der Waals surface area contributed by atoms with Crippen LogP contribution in [0.4, 0.5) is 25.8 Å². The second-order valence-electron chi connectivity index (χ2n) is 5.92. The lowest BCUT2D eigenvalue weighted by molar-refractivity contribution is -0.114. The topological polar surface area (TPSA) is 62.8 Å². The Morgan fingerprint density at radius 2 is 1.81 bits per heavy atom. The quantitative estimate of drug-likeness (QED) is 0.776. The van der Waals surface area contributed by atoms with Gasteiger partial charge in [0.1, 0.15) is 5.75 Å². The van der Waals surface area contributed by atoms with Gasteiger partial charge in [-0.3, -0.25) is 4.79 Å². The van der Waals surface area contributed by atoms with Gasteiger partial charge < -0.3 is 25.0 Å². The number of carbonyl (C=O) groups is 1. The van der Waals surface area contributed by atoms with Crippen LogP contribution in [0.2, 0.25) is 0 Å². The zero-order chi connectivity index (χ0) is 19.1. The zero-order valence-corrected chi connectivity index (χ0v) is 14.7. The second-order valence-corrected chi connectivity index (χ2v) is 5.92. The van der Waals surface area contributed by atoms with E-state index in [-0.39, 0.29) is 18.2 Å². The van der Waals surface area contributed by atoms with Crippen LogP contribution in [0.1, 0.15) is 0 Å². The highest BCUT2D eigenvalue weighted by atomic mass is 19.3. The molecule has 1 heterocycles. The number of ether oxygens (including phenoxy) is 2. The van der Waals surface area contributed by atoms with E-state index in [1.807, 2.05) is 24.3 Å². The molecule has 0 bridgehead atoms. The smallest absolute Gasteiger partial charge is 0.387 e. The van der Waals surface area contributed by atoms with E-state index in [0.29, 0.717) is 24.6 Å².